The minimum atomic E-state index is -0.795. The number of aryl methyl sites for hydroxylation is 1. The van der Waals surface area contributed by atoms with Crippen LogP contribution in [-0.4, -0.2) is 34.2 Å². The van der Waals surface area contributed by atoms with Crippen molar-refractivity contribution in [2.45, 2.75) is 37.1 Å². The lowest BCUT2D eigenvalue weighted by Crippen LogP contribution is -2.40. The van der Waals surface area contributed by atoms with Gasteiger partial charge < -0.3 is 13.9 Å². The molecule has 1 aromatic carbocycles. The number of furan rings is 1. The SMILES string of the molecule is CCOC(=O)C1=C(C)N=c2s/c(=C\c3ccc(Sc4nccc(C)n4)o3)c(=O)n2[C@H]1c1cc(Br)ccc1OC. The molecule has 0 fully saturated rings. The molecular formula is C27H23BrN4O5S2. The van der Waals surface area contributed by atoms with Gasteiger partial charge in [0.2, 0.25) is 0 Å². The van der Waals surface area contributed by atoms with E-state index in [0.29, 0.717) is 42.4 Å². The van der Waals surface area contributed by atoms with Crippen molar-refractivity contribution in [3.05, 3.63) is 95.0 Å². The van der Waals surface area contributed by atoms with Gasteiger partial charge >= 0.3 is 5.97 Å². The standard InChI is InChI=1S/C27H23BrN4O5S2/c1-5-36-25(34)22-15(3)31-27-32(23(22)18-12-16(28)6-8-19(18)35-4)24(33)20(38-27)13-17-7-9-21(37-17)39-26-29-11-10-14(2)30-26/h6-13,23H,5H2,1-4H3/b20-13-/t23-/m0/s1. The van der Waals surface area contributed by atoms with Crippen LogP contribution in [-0.2, 0) is 9.53 Å². The number of halogens is 1. The molecule has 4 heterocycles. The summed E-state index contributed by atoms with van der Waals surface area (Å²) in [6.07, 6.45) is 3.36. The third-order valence-corrected chi connectivity index (χ3v) is 8.12. The lowest BCUT2D eigenvalue weighted by molar-refractivity contribution is -0.139. The number of hydrogen-bond acceptors (Lipinski definition) is 10. The van der Waals surface area contributed by atoms with Gasteiger partial charge in [-0.2, -0.15) is 0 Å². The summed E-state index contributed by atoms with van der Waals surface area (Å²) in [5.41, 5.74) is 1.93. The summed E-state index contributed by atoms with van der Waals surface area (Å²) >= 11 is 6.02. The Kier molecular flexibility index (Phi) is 7.87. The number of methoxy groups -OCH3 is 1. The van der Waals surface area contributed by atoms with E-state index in [9.17, 15) is 9.59 Å². The van der Waals surface area contributed by atoms with Crippen LogP contribution in [0.2, 0.25) is 0 Å². The van der Waals surface area contributed by atoms with Crippen molar-refractivity contribution in [1.82, 2.24) is 14.5 Å². The van der Waals surface area contributed by atoms with E-state index in [1.807, 2.05) is 25.1 Å². The van der Waals surface area contributed by atoms with Gasteiger partial charge in [0.1, 0.15) is 17.6 Å². The van der Waals surface area contributed by atoms with E-state index in [1.54, 1.807) is 51.4 Å². The Bertz CT molecular complexity index is 1790. The molecule has 0 amide bonds. The molecular weight excluding hydrogens is 604 g/mol. The van der Waals surface area contributed by atoms with Crippen LogP contribution in [0.25, 0.3) is 6.08 Å². The molecule has 39 heavy (non-hydrogen) atoms. The van der Waals surface area contributed by atoms with E-state index in [1.165, 1.54) is 27.7 Å². The smallest absolute Gasteiger partial charge is 0.338 e. The highest BCUT2D eigenvalue weighted by Crippen LogP contribution is 2.37. The number of allylic oxidation sites excluding steroid dienone is 1. The van der Waals surface area contributed by atoms with Gasteiger partial charge in [-0.25, -0.2) is 19.8 Å². The van der Waals surface area contributed by atoms with Gasteiger partial charge in [-0.05, 0) is 68.9 Å². The van der Waals surface area contributed by atoms with Crippen molar-refractivity contribution in [2.75, 3.05) is 13.7 Å². The molecule has 4 aromatic rings. The van der Waals surface area contributed by atoms with Crippen LogP contribution in [0.5, 0.6) is 5.75 Å². The number of nitrogens with zero attached hydrogens (tertiary/aromatic N) is 4. The van der Waals surface area contributed by atoms with E-state index in [-0.39, 0.29) is 17.7 Å². The first-order valence-electron chi connectivity index (χ1n) is 11.9. The molecule has 0 radical (unpaired) electrons. The minimum absolute atomic E-state index is 0.189. The van der Waals surface area contributed by atoms with Crippen molar-refractivity contribution in [3.63, 3.8) is 0 Å². The fourth-order valence-corrected chi connectivity index (χ4v) is 6.33. The molecule has 3 aromatic heterocycles. The molecule has 0 bridgehead atoms. The fourth-order valence-electron chi connectivity index (χ4n) is 4.17. The molecule has 0 unspecified atom stereocenters. The van der Waals surface area contributed by atoms with Crippen LogP contribution in [0.1, 0.15) is 36.9 Å². The van der Waals surface area contributed by atoms with Gasteiger partial charge in [0.25, 0.3) is 5.56 Å². The molecule has 1 atom stereocenters. The topological polar surface area (TPSA) is 109 Å². The third kappa shape index (κ3) is 5.49. The Morgan fingerprint density at radius 3 is 2.82 bits per heavy atom. The Labute approximate surface area is 240 Å². The molecule has 5 rings (SSSR count). The van der Waals surface area contributed by atoms with Crippen molar-refractivity contribution >= 4 is 51.1 Å². The second-order valence-electron chi connectivity index (χ2n) is 8.43. The summed E-state index contributed by atoms with van der Waals surface area (Å²) in [5, 5.41) is 1.16. The molecule has 9 nitrogen and oxygen atoms in total. The first kappa shape index (κ1) is 27.1. The Morgan fingerprint density at radius 2 is 2.08 bits per heavy atom. The van der Waals surface area contributed by atoms with Crippen molar-refractivity contribution in [2.24, 2.45) is 4.99 Å². The van der Waals surface area contributed by atoms with Gasteiger partial charge in [-0.3, -0.25) is 9.36 Å². The summed E-state index contributed by atoms with van der Waals surface area (Å²) in [4.78, 5) is 40.7. The summed E-state index contributed by atoms with van der Waals surface area (Å²) in [6.45, 7) is 5.56. The number of esters is 1. The lowest BCUT2D eigenvalue weighted by Gasteiger charge is -2.26. The van der Waals surface area contributed by atoms with Gasteiger partial charge in [0, 0.05) is 28.0 Å². The number of benzene rings is 1. The van der Waals surface area contributed by atoms with Gasteiger partial charge in [0.05, 0.1) is 29.5 Å². The van der Waals surface area contributed by atoms with E-state index in [4.69, 9.17) is 13.9 Å². The maximum Gasteiger partial charge on any atom is 0.338 e. The first-order valence-corrected chi connectivity index (χ1v) is 14.3. The van der Waals surface area contributed by atoms with E-state index in [2.05, 4.69) is 30.9 Å². The highest BCUT2D eigenvalue weighted by atomic mass is 79.9. The van der Waals surface area contributed by atoms with Crippen LogP contribution in [0.4, 0.5) is 0 Å². The molecule has 12 heteroatoms. The van der Waals surface area contributed by atoms with E-state index in [0.717, 1.165) is 10.2 Å². The highest BCUT2D eigenvalue weighted by molar-refractivity contribution is 9.10. The molecule has 0 saturated heterocycles. The summed E-state index contributed by atoms with van der Waals surface area (Å²) in [7, 11) is 1.55. The molecule has 0 aliphatic carbocycles. The average Bonchev–Trinajstić information content (AvgIpc) is 3.46. The zero-order chi connectivity index (χ0) is 27.7. The first-order chi connectivity index (χ1) is 18.8. The predicted octanol–water partition coefficient (Wildman–Crippen LogP) is 4.41. The second kappa shape index (κ2) is 11.3. The zero-order valence-corrected chi connectivity index (χ0v) is 24.6. The van der Waals surface area contributed by atoms with Crippen molar-refractivity contribution in [1.29, 1.82) is 0 Å². The van der Waals surface area contributed by atoms with Crippen LogP contribution in [0, 0.1) is 6.92 Å². The van der Waals surface area contributed by atoms with Gasteiger partial charge in [-0.1, -0.05) is 27.3 Å². The zero-order valence-electron chi connectivity index (χ0n) is 21.4. The van der Waals surface area contributed by atoms with Gasteiger partial charge in [0.15, 0.2) is 15.1 Å². The maximum absolute atomic E-state index is 13.8. The monoisotopic (exact) mass is 626 g/mol. The number of aromatic nitrogens is 3. The summed E-state index contributed by atoms with van der Waals surface area (Å²) in [6, 6.07) is 10.1. The minimum Gasteiger partial charge on any atom is -0.496 e. The maximum atomic E-state index is 13.8. The van der Waals surface area contributed by atoms with Crippen LogP contribution in [0.3, 0.4) is 0 Å². The fraction of sp³-hybridized carbons (Fsp3) is 0.222. The normalized spacial score (nSPS) is 15.2. The Morgan fingerprint density at radius 1 is 1.26 bits per heavy atom. The second-order valence-corrected chi connectivity index (χ2v) is 11.3. The molecule has 0 saturated carbocycles. The lowest BCUT2D eigenvalue weighted by atomic mass is 9.95. The number of carbonyl (C=O) groups is 1. The number of hydrogen-bond donors (Lipinski definition) is 0. The van der Waals surface area contributed by atoms with Crippen molar-refractivity contribution < 1.29 is 18.7 Å². The third-order valence-electron chi connectivity index (χ3n) is 5.84. The van der Waals surface area contributed by atoms with E-state index >= 15 is 0 Å². The molecule has 0 spiro atoms. The number of carbonyl (C=O) groups excluding carboxylic acids is 1. The molecule has 1 aliphatic rings. The highest BCUT2D eigenvalue weighted by Gasteiger charge is 2.35. The Balaban J connectivity index is 1.62. The molecule has 1 aliphatic heterocycles. The average molecular weight is 628 g/mol. The Hall–Kier alpha value is -3.48. The van der Waals surface area contributed by atoms with Crippen molar-refractivity contribution in [3.8, 4) is 5.75 Å². The molecule has 200 valence electrons. The van der Waals surface area contributed by atoms with Crippen LogP contribution in [0.15, 0.2) is 82.8 Å². The predicted molar refractivity (Wildman–Crippen MR) is 151 cm³/mol. The quantitative estimate of drug-likeness (QED) is 0.219. The number of thiazole rings is 1. The largest absolute Gasteiger partial charge is 0.496 e. The molecule has 0 N–H and O–H groups in total. The summed E-state index contributed by atoms with van der Waals surface area (Å²) < 4.78 is 19.6. The van der Waals surface area contributed by atoms with Crippen LogP contribution < -0.4 is 19.6 Å². The van der Waals surface area contributed by atoms with Crippen LogP contribution >= 0.6 is 39.0 Å². The summed E-state index contributed by atoms with van der Waals surface area (Å²) in [5.74, 6) is 0.486. The number of fused-ring (bicyclic) bond motifs is 1. The number of rotatable bonds is 7. The van der Waals surface area contributed by atoms with Gasteiger partial charge in [-0.15, -0.1) is 0 Å². The number of ether oxygens (including phenoxy) is 2. The van der Waals surface area contributed by atoms with E-state index < -0.39 is 12.0 Å².